The molecule has 0 saturated carbocycles. The molecule has 5 N–H and O–H groups in total. The highest BCUT2D eigenvalue weighted by atomic mass is 16.6. The number of aliphatic imine (C=N–C) groups is 1. The van der Waals surface area contributed by atoms with E-state index in [4.69, 9.17) is 19.2 Å². The smallest absolute Gasteiger partial charge is 0.415 e. The van der Waals surface area contributed by atoms with Crippen molar-refractivity contribution in [2.75, 3.05) is 75.7 Å². The molecule has 5 aromatic rings. The van der Waals surface area contributed by atoms with Gasteiger partial charge in [0.25, 0.3) is 11.5 Å². The Kier molecular flexibility index (Phi) is 14.1. The third kappa shape index (κ3) is 10.5. The lowest BCUT2D eigenvalue weighted by Gasteiger charge is -2.36. The SMILES string of the molecule is CC[C@@]1(O)C(=O)OCc2c1cc1n(c2=O)Cc2cc3cc(OC(=O)N4CCN(C(=O)c5ccc(COC(=O)N[C@@H](CCC(=O)N6CCN(c7cccc(NC8=NCCCN8)c7)CC6)C(=O)O)cc5)CC4)ccc3nc2-1. The van der Waals surface area contributed by atoms with E-state index in [0.717, 1.165) is 42.4 Å². The summed E-state index contributed by atoms with van der Waals surface area (Å²) < 4.78 is 17.8. The minimum Gasteiger partial charge on any atom is -0.480 e. The van der Waals surface area contributed by atoms with Crippen molar-refractivity contribution in [1.29, 1.82) is 0 Å². The van der Waals surface area contributed by atoms with Crippen LogP contribution in [0.25, 0.3) is 22.3 Å². The fourth-order valence-corrected chi connectivity index (χ4v) is 9.97. The number of nitrogens with one attached hydrogen (secondary N) is 3. The van der Waals surface area contributed by atoms with Crippen LogP contribution in [0.15, 0.2) is 88.6 Å². The van der Waals surface area contributed by atoms with E-state index in [-0.39, 0.29) is 99.5 Å². The summed E-state index contributed by atoms with van der Waals surface area (Å²) in [6.07, 6.45) is -0.705. The van der Waals surface area contributed by atoms with E-state index < -0.39 is 35.8 Å². The van der Waals surface area contributed by atoms with Gasteiger partial charge in [-0.2, -0.15) is 0 Å². The Morgan fingerprint density at radius 2 is 1.65 bits per heavy atom. The van der Waals surface area contributed by atoms with Gasteiger partial charge in [0.15, 0.2) is 11.6 Å². The molecular formula is C53H56N10O12. The number of hydrogen-bond acceptors (Lipinski definition) is 16. The first-order valence-electron chi connectivity index (χ1n) is 25.0. The highest BCUT2D eigenvalue weighted by Gasteiger charge is 2.45. The number of benzene rings is 3. The topological polar surface area (TPSA) is 267 Å². The molecule has 2 saturated heterocycles. The Labute approximate surface area is 429 Å². The molecule has 2 atom stereocenters. The van der Waals surface area contributed by atoms with Gasteiger partial charge >= 0.3 is 24.1 Å². The van der Waals surface area contributed by atoms with Gasteiger partial charge in [0.05, 0.1) is 29.0 Å². The van der Waals surface area contributed by atoms with Gasteiger partial charge in [-0.3, -0.25) is 19.4 Å². The molecule has 5 aliphatic heterocycles. The van der Waals surface area contributed by atoms with E-state index in [1.165, 1.54) is 4.90 Å². The minimum atomic E-state index is -1.93. The number of carbonyl (C=O) groups excluding carboxylic acids is 5. The summed E-state index contributed by atoms with van der Waals surface area (Å²) in [5, 5.41) is 30.6. The van der Waals surface area contributed by atoms with E-state index in [1.807, 2.05) is 30.3 Å². The van der Waals surface area contributed by atoms with Crippen molar-refractivity contribution < 1.29 is 53.2 Å². The Bertz CT molecular complexity index is 3180. The number of esters is 1. The Morgan fingerprint density at radius 3 is 2.39 bits per heavy atom. The quantitative estimate of drug-likeness (QED) is 0.110. The van der Waals surface area contributed by atoms with Crippen LogP contribution in [0.3, 0.4) is 0 Å². The summed E-state index contributed by atoms with van der Waals surface area (Å²) in [6, 6.07) is 21.6. The summed E-state index contributed by atoms with van der Waals surface area (Å²) >= 11 is 0. The van der Waals surface area contributed by atoms with E-state index in [2.05, 4.69) is 25.8 Å². The van der Waals surface area contributed by atoms with Crippen LogP contribution in [0, 0.1) is 0 Å². The van der Waals surface area contributed by atoms with Gasteiger partial charge in [0, 0.05) is 105 Å². The average molecular weight is 1030 g/mol. The first kappa shape index (κ1) is 50.0. The molecule has 0 bridgehead atoms. The summed E-state index contributed by atoms with van der Waals surface area (Å²) in [6.45, 7) is 6.19. The molecule has 3 aromatic carbocycles. The fraction of sp³-hybridized carbons (Fsp3) is 0.377. The number of aliphatic carboxylic acids is 1. The molecule has 0 aliphatic carbocycles. The molecule has 5 aliphatic rings. The molecule has 7 heterocycles. The van der Waals surface area contributed by atoms with Gasteiger partial charge in [-0.15, -0.1) is 0 Å². The van der Waals surface area contributed by atoms with Crippen molar-refractivity contribution in [3.63, 3.8) is 0 Å². The van der Waals surface area contributed by atoms with Crippen molar-refractivity contribution >= 4 is 64.2 Å². The number of guanidine groups is 1. The number of aromatic nitrogens is 2. The number of carboxylic acid groups (broad SMARTS) is 1. The molecule has 22 nitrogen and oxygen atoms in total. The molecular weight excluding hydrogens is 969 g/mol. The monoisotopic (exact) mass is 1020 g/mol. The average Bonchev–Trinajstić information content (AvgIpc) is 3.81. The lowest BCUT2D eigenvalue weighted by atomic mass is 9.86. The number of anilines is 2. The first-order valence-corrected chi connectivity index (χ1v) is 25.0. The van der Waals surface area contributed by atoms with E-state index >= 15 is 0 Å². The molecule has 0 spiro atoms. The predicted octanol–water partition coefficient (Wildman–Crippen LogP) is 3.61. The number of hydrogen-bond donors (Lipinski definition) is 5. The summed E-state index contributed by atoms with van der Waals surface area (Å²) in [4.78, 5) is 107. The number of alkyl carbamates (subject to hydrolysis) is 1. The molecule has 22 heteroatoms. The number of piperazine rings is 2. The number of carbonyl (C=O) groups is 6. The maximum Gasteiger partial charge on any atom is 0.415 e. The minimum absolute atomic E-state index is 0.0366. The number of rotatable bonds is 12. The Balaban J connectivity index is 0.653. The van der Waals surface area contributed by atoms with Crippen LogP contribution in [-0.4, -0.2) is 148 Å². The number of pyridine rings is 2. The van der Waals surface area contributed by atoms with Crippen LogP contribution in [0.5, 0.6) is 5.75 Å². The lowest BCUT2D eigenvalue weighted by molar-refractivity contribution is -0.172. The molecule has 2 aromatic heterocycles. The van der Waals surface area contributed by atoms with Crippen molar-refractivity contribution in [2.24, 2.45) is 4.99 Å². The number of ether oxygens (including phenoxy) is 3. The highest BCUT2D eigenvalue weighted by Crippen LogP contribution is 2.39. The van der Waals surface area contributed by atoms with Gasteiger partial charge in [-0.1, -0.05) is 25.1 Å². The second-order valence-electron chi connectivity index (χ2n) is 19.0. The zero-order valence-electron chi connectivity index (χ0n) is 41.2. The largest absolute Gasteiger partial charge is 0.480 e. The number of nitrogens with zero attached hydrogens (tertiary/aromatic N) is 7. The molecule has 2 fully saturated rings. The third-order valence-electron chi connectivity index (χ3n) is 14.3. The van der Waals surface area contributed by atoms with Crippen LogP contribution in [0.4, 0.5) is 21.0 Å². The second kappa shape index (κ2) is 21.1. The molecule has 10 rings (SSSR count). The highest BCUT2D eigenvalue weighted by molar-refractivity contribution is 5.95. The van der Waals surface area contributed by atoms with Crippen molar-refractivity contribution in [3.8, 4) is 17.1 Å². The zero-order chi connectivity index (χ0) is 52.4. The predicted molar refractivity (Wildman–Crippen MR) is 272 cm³/mol. The maximum atomic E-state index is 13.5. The van der Waals surface area contributed by atoms with Crippen LogP contribution in [0.1, 0.15) is 65.2 Å². The maximum absolute atomic E-state index is 13.5. The van der Waals surface area contributed by atoms with Crippen molar-refractivity contribution in [2.45, 2.75) is 64.0 Å². The van der Waals surface area contributed by atoms with E-state index in [0.29, 0.717) is 59.6 Å². The number of carboxylic acids is 1. The molecule has 0 radical (unpaired) electrons. The zero-order valence-corrected chi connectivity index (χ0v) is 41.2. The number of cyclic esters (lactones) is 1. The van der Waals surface area contributed by atoms with E-state index in [9.17, 15) is 43.8 Å². The van der Waals surface area contributed by atoms with Gasteiger partial charge < -0.3 is 64.5 Å². The van der Waals surface area contributed by atoms with Gasteiger partial charge in [-0.05, 0) is 85.5 Å². The summed E-state index contributed by atoms with van der Waals surface area (Å²) in [5.41, 5.74) is 3.41. The van der Waals surface area contributed by atoms with Crippen LogP contribution in [-0.2, 0) is 49.2 Å². The first-order chi connectivity index (χ1) is 36.2. The second-order valence-corrected chi connectivity index (χ2v) is 19.0. The lowest BCUT2D eigenvalue weighted by Crippen LogP contribution is -2.51. The number of fused-ring (bicyclic) bond motifs is 5. The van der Waals surface area contributed by atoms with Gasteiger partial charge in [0.2, 0.25) is 5.91 Å². The van der Waals surface area contributed by atoms with E-state index in [1.54, 1.807) is 69.8 Å². The standard InChI is InChI=1S/C53H56N10O12/c1-2-53(72)40-28-43-45-35(29-63(43)47(66)39(40)31-73-49(53)69)25-34-26-38(11-12-41(34)57-45)75-52(71)62-23-21-61(22-24-62)46(65)33-9-7-32(8-10-33)30-74-51(70)58-42(48(67)68)13-14-44(64)60-19-17-59(18-20-60)37-6-3-5-36(27-37)56-50-54-15-4-16-55-50/h3,5-12,25-28,42,72H,2,4,13-24,29-31H2,1H3,(H,58,70)(H,67,68)(H2,54,55,56)/t42-,53-/m0/s1. The van der Waals surface area contributed by atoms with Crippen molar-refractivity contribution in [1.82, 2.24) is 34.9 Å². The summed E-state index contributed by atoms with van der Waals surface area (Å²) in [5.74, 6) is -1.51. The van der Waals surface area contributed by atoms with Crippen molar-refractivity contribution in [3.05, 3.63) is 117 Å². The van der Waals surface area contributed by atoms with Gasteiger partial charge in [-0.25, -0.2) is 24.2 Å². The molecule has 390 valence electrons. The normalized spacial score (nSPS) is 18.4. The number of aliphatic hydroxyl groups is 1. The Morgan fingerprint density at radius 1 is 0.893 bits per heavy atom. The third-order valence-corrected chi connectivity index (χ3v) is 14.3. The fourth-order valence-electron chi connectivity index (χ4n) is 9.97. The molecule has 0 unspecified atom stereocenters. The van der Waals surface area contributed by atoms with Gasteiger partial charge in [0.1, 0.15) is 25.0 Å². The summed E-state index contributed by atoms with van der Waals surface area (Å²) in [7, 11) is 0. The van der Waals surface area contributed by atoms with Crippen LogP contribution in [0.2, 0.25) is 0 Å². The molecule has 75 heavy (non-hydrogen) atoms. The Hall–Kier alpha value is -8.53. The number of amides is 4. The van der Waals surface area contributed by atoms with Crippen LogP contribution < -0.4 is 31.1 Å². The van der Waals surface area contributed by atoms with Crippen LogP contribution >= 0.6 is 0 Å². The molecule has 4 amide bonds.